The Bertz CT molecular complexity index is 369. The molecule has 0 aliphatic carbocycles. The molecule has 7 heteroatoms. The van der Waals surface area contributed by atoms with E-state index in [0.29, 0.717) is 6.67 Å². The lowest BCUT2D eigenvalue weighted by molar-refractivity contribution is -0.142. The average molecular weight is 298 g/mol. The van der Waals surface area contributed by atoms with Crippen molar-refractivity contribution in [3.8, 4) is 0 Å². The van der Waals surface area contributed by atoms with Crippen molar-refractivity contribution in [2.45, 2.75) is 25.7 Å². The molecule has 0 spiro atoms. The first kappa shape index (κ1) is 11.9. The topological polar surface area (TPSA) is 21.1 Å². The predicted molar refractivity (Wildman–Crippen MR) is 55.7 cm³/mol. The van der Waals surface area contributed by atoms with Gasteiger partial charge in [0, 0.05) is 6.20 Å². The highest BCUT2D eigenvalue weighted by Crippen LogP contribution is 2.33. The summed E-state index contributed by atoms with van der Waals surface area (Å²) < 4.78 is 38.7. The van der Waals surface area contributed by atoms with Gasteiger partial charge in [-0.3, -0.25) is 9.58 Å². The van der Waals surface area contributed by atoms with Gasteiger partial charge >= 0.3 is 6.18 Å². The molecule has 16 heavy (non-hydrogen) atoms. The fraction of sp³-hybridized carbons (Fsp3) is 0.667. The quantitative estimate of drug-likeness (QED) is 0.837. The van der Waals surface area contributed by atoms with Crippen LogP contribution in [-0.2, 0) is 12.8 Å². The Labute approximate surface area is 99.3 Å². The maximum Gasteiger partial charge on any atom is 0.436 e. The third-order valence-corrected chi connectivity index (χ3v) is 3.11. The highest BCUT2D eigenvalue weighted by atomic mass is 79.9. The van der Waals surface area contributed by atoms with Crippen LogP contribution < -0.4 is 0 Å². The van der Waals surface area contributed by atoms with Gasteiger partial charge in [-0.2, -0.15) is 18.3 Å². The fourth-order valence-electron chi connectivity index (χ4n) is 1.79. The van der Waals surface area contributed by atoms with Crippen LogP contribution in [-0.4, -0.2) is 27.8 Å². The third kappa shape index (κ3) is 2.57. The van der Waals surface area contributed by atoms with Gasteiger partial charge in [0.25, 0.3) is 0 Å². The molecule has 1 aromatic rings. The number of aromatic nitrogens is 2. The maximum absolute atomic E-state index is 12.5. The molecule has 1 fully saturated rings. The first-order valence-corrected chi connectivity index (χ1v) is 5.78. The number of alkyl halides is 3. The van der Waals surface area contributed by atoms with Gasteiger partial charge in [0.15, 0.2) is 5.69 Å². The van der Waals surface area contributed by atoms with Gasteiger partial charge < -0.3 is 0 Å². The first-order chi connectivity index (χ1) is 7.47. The Morgan fingerprint density at radius 2 is 1.94 bits per heavy atom. The van der Waals surface area contributed by atoms with E-state index in [0.717, 1.165) is 25.9 Å². The second-order valence-corrected chi connectivity index (χ2v) is 4.68. The van der Waals surface area contributed by atoms with Crippen LogP contribution in [0.3, 0.4) is 0 Å². The lowest BCUT2D eigenvalue weighted by atomic mass is 10.4. The summed E-state index contributed by atoms with van der Waals surface area (Å²) in [4.78, 5) is 2.08. The minimum absolute atomic E-state index is 0.000744. The lowest BCUT2D eigenvalue weighted by Gasteiger charge is -2.13. The molecule has 0 radical (unpaired) electrons. The number of rotatable bonds is 2. The predicted octanol–water partition coefficient (Wildman–Crippen LogP) is 2.72. The van der Waals surface area contributed by atoms with E-state index in [9.17, 15) is 13.2 Å². The van der Waals surface area contributed by atoms with E-state index in [2.05, 4.69) is 25.9 Å². The van der Waals surface area contributed by atoms with Crippen molar-refractivity contribution in [1.29, 1.82) is 0 Å². The summed E-state index contributed by atoms with van der Waals surface area (Å²) in [7, 11) is 0. The zero-order chi connectivity index (χ0) is 11.8. The highest BCUT2D eigenvalue weighted by molar-refractivity contribution is 9.10. The smallest absolute Gasteiger partial charge is 0.284 e. The van der Waals surface area contributed by atoms with Crippen molar-refractivity contribution >= 4 is 15.9 Å². The molecule has 3 nitrogen and oxygen atoms in total. The van der Waals surface area contributed by atoms with Gasteiger partial charge in [-0.05, 0) is 41.9 Å². The van der Waals surface area contributed by atoms with Crippen LogP contribution in [0.25, 0.3) is 0 Å². The van der Waals surface area contributed by atoms with Gasteiger partial charge in [0.1, 0.15) is 0 Å². The second-order valence-electron chi connectivity index (χ2n) is 3.83. The molecule has 0 N–H and O–H groups in total. The minimum Gasteiger partial charge on any atom is -0.284 e. The summed E-state index contributed by atoms with van der Waals surface area (Å²) in [5.74, 6) is 0. The lowest BCUT2D eigenvalue weighted by Crippen LogP contribution is -2.23. The molecule has 1 aliphatic rings. The summed E-state index contributed by atoms with van der Waals surface area (Å²) in [6.45, 7) is 2.28. The second kappa shape index (κ2) is 4.37. The summed E-state index contributed by atoms with van der Waals surface area (Å²) >= 11 is 2.88. The van der Waals surface area contributed by atoms with Gasteiger partial charge in [-0.15, -0.1) is 0 Å². The van der Waals surface area contributed by atoms with Crippen LogP contribution in [0, 0.1) is 0 Å². The van der Waals surface area contributed by atoms with E-state index in [-0.39, 0.29) is 4.47 Å². The summed E-state index contributed by atoms with van der Waals surface area (Å²) in [6, 6.07) is 0. The molecule has 0 saturated carbocycles. The van der Waals surface area contributed by atoms with Gasteiger partial charge in [0.2, 0.25) is 0 Å². The van der Waals surface area contributed by atoms with Gasteiger partial charge in [-0.1, -0.05) is 0 Å². The van der Waals surface area contributed by atoms with Crippen molar-refractivity contribution in [2.75, 3.05) is 13.1 Å². The van der Waals surface area contributed by atoms with Crippen LogP contribution in [0.5, 0.6) is 0 Å². The first-order valence-electron chi connectivity index (χ1n) is 4.99. The SMILES string of the molecule is FC(F)(F)c1nn(CN2CCCC2)cc1Br. The molecule has 0 aromatic carbocycles. The Hall–Kier alpha value is -0.560. The fourth-order valence-corrected chi connectivity index (χ4v) is 2.33. The van der Waals surface area contributed by atoms with Gasteiger partial charge in [-0.25, -0.2) is 0 Å². The monoisotopic (exact) mass is 297 g/mol. The van der Waals surface area contributed by atoms with E-state index in [1.54, 1.807) is 0 Å². The largest absolute Gasteiger partial charge is 0.436 e. The van der Waals surface area contributed by atoms with Crippen molar-refractivity contribution in [3.63, 3.8) is 0 Å². The zero-order valence-electron chi connectivity index (χ0n) is 8.47. The highest BCUT2D eigenvalue weighted by Gasteiger charge is 2.36. The Morgan fingerprint density at radius 1 is 1.31 bits per heavy atom. The van der Waals surface area contributed by atoms with Crippen molar-refractivity contribution < 1.29 is 13.2 Å². The molecule has 1 aliphatic heterocycles. The summed E-state index contributed by atoms with van der Waals surface area (Å²) in [5.41, 5.74) is -0.855. The Kier molecular flexibility index (Phi) is 3.25. The molecular weight excluding hydrogens is 287 g/mol. The van der Waals surface area contributed by atoms with Crippen molar-refractivity contribution in [2.24, 2.45) is 0 Å². The maximum atomic E-state index is 12.5. The third-order valence-electron chi connectivity index (χ3n) is 2.53. The number of hydrogen-bond acceptors (Lipinski definition) is 2. The molecule has 0 atom stereocenters. The van der Waals surface area contributed by atoms with Crippen LogP contribution >= 0.6 is 15.9 Å². The molecule has 1 aromatic heterocycles. The Balaban J connectivity index is 2.11. The van der Waals surface area contributed by atoms with Crippen LogP contribution in [0.4, 0.5) is 13.2 Å². The van der Waals surface area contributed by atoms with E-state index >= 15 is 0 Å². The summed E-state index contributed by atoms with van der Waals surface area (Å²) in [5, 5.41) is 3.55. The van der Waals surface area contributed by atoms with E-state index in [1.807, 2.05) is 0 Å². The average Bonchev–Trinajstić information content (AvgIpc) is 2.74. The van der Waals surface area contributed by atoms with Crippen LogP contribution in [0.1, 0.15) is 18.5 Å². The number of hydrogen-bond donors (Lipinski definition) is 0. The van der Waals surface area contributed by atoms with Crippen LogP contribution in [0.2, 0.25) is 0 Å². The van der Waals surface area contributed by atoms with E-state index in [4.69, 9.17) is 0 Å². The van der Waals surface area contributed by atoms with Crippen LogP contribution in [0.15, 0.2) is 10.7 Å². The summed E-state index contributed by atoms with van der Waals surface area (Å²) in [6.07, 6.45) is -0.806. The molecule has 90 valence electrons. The Morgan fingerprint density at radius 3 is 2.44 bits per heavy atom. The van der Waals surface area contributed by atoms with Crippen molar-refractivity contribution in [3.05, 3.63) is 16.4 Å². The van der Waals surface area contributed by atoms with Crippen molar-refractivity contribution in [1.82, 2.24) is 14.7 Å². The standard InChI is InChI=1S/C9H11BrF3N3/c10-7-5-16(6-15-3-1-2-4-15)14-8(7)9(11,12)13/h5H,1-4,6H2. The molecule has 0 bridgehead atoms. The minimum atomic E-state index is -4.39. The zero-order valence-corrected chi connectivity index (χ0v) is 10.1. The molecule has 1 saturated heterocycles. The van der Waals surface area contributed by atoms with E-state index in [1.165, 1.54) is 10.9 Å². The molecule has 2 heterocycles. The van der Waals surface area contributed by atoms with E-state index < -0.39 is 11.9 Å². The number of halogens is 4. The molecule has 0 unspecified atom stereocenters. The molecule has 2 rings (SSSR count). The van der Waals surface area contributed by atoms with Gasteiger partial charge in [0.05, 0.1) is 11.1 Å². The molecule has 0 amide bonds. The number of nitrogens with zero attached hydrogens (tertiary/aromatic N) is 3. The number of likely N-dealkylation sites (tertiary alicyclic amines) is 1. The normalized spacial score (nSPS) is 18.2. The molecular formula is C9H11BrF3N3.